The Bertz CT molecular complexity index is 288. The van der Waals surface area contributed by atoms with E-state index in [2.05, 4.69) is 0 Å². The van der Waals surface area contributed by atoms with Gasteiger partial charge in [-0.1, -0.05) is 38.4 Å². The quantitative estimate of drug-likeness (QED) is 0.755. The van der Waals surface area contributed by atoms with Gasteiger partial charge in [0.15, 0.2) is 0 Å². The average molecular weight is 270 g/mol. The van der Waals surface area contributed by atoms with Gasteiger partial charge in [0.25, 0.3) is 0 Å². The highest BCUT2D eigenvalue weighted by Gasteiger charge is 2.21. The average Bonchev–Trinajstić information content (AvgIpc) is 2.36. The van der Waals surface area contributed by atoms with Crippen molar-refractivity contribution < 1.29 is 4.79 Å². The maximum Gasteiger partial charge on any atom is 0.222 e. The molecule has 1 atom stereocenters. The van der Waals surface area contributed by atoms with E-state index in [9.17, 15) is 4.79 Å². The van der Waals surface area contributed by atoms with Crippen molar-refractivity contribution in [1.82, 2.24) is 4.90 Å². The monoisotopic (exact) mass is 270 g/mol. The van der Waals surface area contributed by atoms with E-state index in [4.69, 9.17) is 18.0 Å². The van der Waals surface area contributed by atoms with E-state index in [0.717, 1.165) is 6.54 Å². The van der Waals surface area contributed by atoms with Gasteiger partial charge in [-0.05, 0) is 25.7 Å². The van der Waals surface area contributed by atoms with Gasteiger partial charge >= 0.3 is 0 Å². The molecule has 0 aromatic heterocycles. The highest BCUT2D eigenvalue weighted by atomic mass is 32.1. The summed E-state index contributed by atoms with van der Waals surface area (Å²) in [6, 6.07) is 0. The Morgan fingerprint density at radius 2 is 2.00 bits per heavy atom. The zero-order valence-electron chi connectivity index (χ0n) is 11.7. The van der Waals surface area contributed by atoms with E-state index in [1.165, 1.54) is 32.1 Å². The van der Waals surface area contributed by atoms with Crippen LogP contribution in [0.25, 0.3) is 0 Å². The van der Waals surface area contributed by atoms with E-state index in [1.807, 2.05) is 18.7 Å². The third-order valence-electron chi connectivity index (χ3n) is 3.90. The summed E-state index contributed by atoms with van der Waals surface area (Å²) in [4.78, 5) is 14.6. The zero-order valence-corrected chi connectivity index (χ0v) is 12.5. The number of carbonyl (C=O) groups excluding carboxylic acids is 1. The molecule has 2 N–H and O–H groups in total. The molecule has 104 valence electrons. The Hall–Kier alpha value is -0.640. The predicted octanol–water partition coefficient (Wildman–Crippen LogP) is 2.73. The third-order valence-corrected chi connectivity index (χ3v) is 4.30. The minimum Gasteiger partial charge on any atom is -0.393 e. The topological polar surface area (TPSA) is 46.3 Å². The first-order valence-corrected chi connectivity index (χ1v) is 7.52. The minimum atomic E-state index is 0.107. The highest BCUT2D eigenvalue weighted by molar-refractivity contribution is 7.80. The first kappa shape index (κ1) is 15.4. The molecule has 1 amide bonds. The number of hydrogen-bond donors (Lipinski definition) is 1. The molecule has 1 unspecified atom stereocenters. The number of nitrogens with two attached hydrogens (primary N) is 1. The molecule has 0 heterocycles. The fraction of sp³-hybridized carbons (Fsp3) is 0.857. The Kier molecular flexibility index (Phi) is 6.61. The van der Waals surface area contributed by atoms with Gasteiger partial charge in [-0.25, -0.2) is 0 Å². The first-order valence-electron chi connectivity index (χ1n) is 7.11. The Morgan fingerprint density at radius 1 is 1.39 bits per heavy atom. The van der Waals surface area contributed by atoms with Crippen LogP contribution in [0.5, 0.6) is 0 Å². The van der Waals surface area contributed by atoms with Crippen LogP contribution in [0.1, 0.15) is 52.4 Å². The van der Waals surface area contributed by atoms with Crippen LogP contribution in [-0.4, -0.2) is 28.9 Å². The molecule has 3 nitrogen and oxygen atoms in total. The van der Waals surface area contributed by atoms with Gasteiger partial charge < -0.3 is 10.6 Å². The summed E-state index contributed by atoms with van der Waals surface area (Å²) >= 11 is 4.97. The number of nitrogens with zero attached hydrogens (tertiary/aromatic N) is 1. The second-order valence-corrected chi connectivity index (χ2v) is 5.92. The number of carbonyl (C=O) groups is 1. The van der Waals surface area contributed by atoms with E-state index >= 15 is 0 Å². The molecule has 0 aromatic rings. The highest BCUT2D eigenvalue weighted by Crippen LogP contribution is 2.26. The van der Waals surface area contributed by atoms with Crippen LogP contribution in [0.4, 0.5) is 0 Å². The molecule has 1 aliphatic carbocycles. The smallest absolute Gasteiger partial charge is 0.222 e. The first-order chi connectivity index (χ1) is 8.54. The van der Waals surface area contributed by atoms with Crippen LogP contribution in [0.2, 0.25) is 0 Å². The standard InChI is InChI=1S/C14H26N2OS/c1-3-16(10-11(2)14(15)18)13(17)9-12-7-5-4-6-8-12/h11-12H,3-10H2,1-2H3,(H2,15,18). The molecule has 0 aromatic carbocycles. The van der Waals surface area contributed by atoms with Crippen molar-refractivity contribution in [3.63, 3.8) is 0 Å². The van der Waals surface area contributed by atoms with Gasteiger partial charge in [-0.15, -0.1) is 0 Å². The minimum absolute atomic E-state index is 0.107. The molecule has 0 radical (unpaired) electrons. The van der Waals surface area contributed by atoms with Gasteiger partial charge in [0.2, 0.25) is 5.91 Å². The Balaban J connectivity index is 2.43. The molecule has 4 heteroatoms. The second kappa shape index (κ2) is 7.72. The van der Waals surface area contributed by atoms with Crippen molar-refractivity contribution >= 4 is 23.1 Å². The largest absolute Gasteiger partial charge is 0.393 e. The summed E-state index contributed by atoms with van der Waals surface area (Å²) in [7, 11) is 0. The van der Waals surface area contributed by atoms with Crippen molar-refractivity contribution in [3.8, 4) is 0 Å². The van der Waals surface area contributed by atoms with Crippen LogP contribution >= 0.6 is 12.2 Å². The maximum absolute atomic E-state index is 12.2. The van der Waals surface area contributed by atoms with Gasteiger partial charge in [-0.2, -0.15) is 0 Å². The van der Waals surface area contributed by atoms with Crippen molar-refractivity contribution in [2.24, 2.45) is 17.6 Å². The van der Waals surface area contributed by atoms with Crippen LogP contribution in [-0.2, 0) is 4.79 Å². The van der Waals surface area contributed by atoms with Crippen LogP contribution in [0, 0.1) is 11.8 Å². The number of hydrogen-bond acceptors (Lipinski definition) is 2. The summed E-state index contributed by atoms with van der Waals surface area (Å²) in [5.74, 6) is 0.975. The fourth-order valence-electron chi connectivity index (χ4n) is 2.60. The molecule has 0 spiro atoms. The van der Waals surface area contributed by atoms with Crippen molar-refractivity contribution in [1.29, 1.82) is 0 Å². The van der Waals surface area contributed by atoms with Crippen molar-refractivity contribution in [2.45, 2.75) is 52.4 Å². The second-order valence-electron chi connectivity index (χ2n) is 5.44. The molecule has 0 saturated heterocycles. The lowest BCUT2D eigenvalue weighted by atomic mass is 9.86. The lowest BCUT2D eigenvalue weighted by Gasteiger charge is -2.27. The van der Waals surface area contributed by atoms with E-state index in [1.54, 1.807) is 0 Å². The zero-order chi connectivity index (χ0) is 13.5. The molecule has 18 heavy (non-hydrogen) atoms. The lowest BCUT2D eigenvalue weighted by Crippen LogP contribution is -2.39. The summed E-state index contributed by atoms with van der Waals surface area (Å²) in [6.07, 6.45) is 7.04. The summed E-state index contributed by atoms with van der Waals surface area (Å²) in [5, 5.41) is 0. The maximum atomic E-state index is 12.2. The number of amides is 1. The SMILES string of the molecule is CCN(CC(C)C(N)=S)C(=O)CC1CCCCC1. The lowest BCUT2D eigenvalue weighted by molar-refractivity contribution is -0.132. The molecule has 1 fully saturated rings. The Morgan fingerprint density at radius 3 is 2.50 bits per heavy atom. The van der Waals surface area contributed by atoms with Crippen molar-refractivity contribution in [3.05, 3.63) is 0 Å². The molecular formula is C14H26N2OS. The summed E-state index contributed by atoms with van der Waals surface area (Å²) in [5.41, 5.74) is 5.62. The van der Waals surface area contributed by atoms with E-state index in [-0.39, 0.29) is 11.8 Å². The van der Waals surface area contributed by atoms with E-state index in [0.29, 0.717) is 23.9 Å². The van der Waals surface area contributed by atoms with Crippen molar-refractivity contribution in [2.75, 3.05) is 13.1 Å². The van der Waals surface area contributed by atoms with E-state index < -0.39 is 0 Å². The van der Waals surface area contributed by atoms with Gasteiger partial charge in [-0.3, -0.25) is 4.79 Å². The van der Waals surface area contributed by atoms with Gasteiger partial charge in [0.1, 0.15) is 0 Å². The molecule has 0 bridgehead atoms. The van der Waals surface area contributed by atoms with Crippen LogP contribution < -0.4 is 5.73 Å². The van der Waals surface area contributed by atoms with Crippen LogP contribution in [0.3, 0.4) is 0 Å². The molecule has 1 aliphatic rings. The number of rotatable bonds is 6. The predicted molar refractivity (Wildman–Crippen MR) is 79.4 cm³/mol. The molecular weight excluding hydrogens is 244 g/mol. The summed E-state index contributed by atoms with van der Waals surface area (Å²) in [6.45, 7) is 5.42. The van der Waals surface area contributed by atoms with Gasteiger partial charge in [0.05, 0.1) is 4.99 Å². The Labute approximate surface area is 116 Å². The molecule has 1 saturated carbocycles. The third kappa shape index (κ3) is 4.92. The number of thiocarbonyl (C=S) groups is 1. The normalized spacial score (nSPS) is 18.3. The van der Waals surface area contributed by atoms with Gasteiger partial charge in [0, 0.05) is 25.4 Å². The fourth-order valence-corrected chi connectivity index (χ4v) is 2.67. The molecule has 1 rings (SSSR count). The summed E-state index contributed by atoms with van der Waals surface area (Å²) < 4.78 is 0. The molecule has 0 aliphatic heterocycles. The van der Waals surface area contributed by atoms with Crippen LogP contribution in [0.15, 0.2) is 0 Å².